The molecule has 1 nitrogen and oxygen atoms in total. The molecular weight excluding hydrogens is 254 g/mol. The molecule has 0 saturated heterocycles. The van der Waals surface area contributed by atoms with Crippen molar-refractivity contribution < 1.29 is 0 Å². The van der Waals surface area contributed by atoms with Gasteiger partial charge in [0, 0.05) is 0 Å². The second kappa shape index (κ2) is 4.61. The van der Waals surface area contributed by atoms with Gasteiger partial charge in [-0.05, 0) is 50.0 Å². The van der Waals surface area contributed by atoms with Gasteiger partial charge in [-0.3, -0.25) is 0 Å². The Labute approximate surface area is 123 Å². The van der Waals surface area contributed by atoms with Gasteiger partial charge >= 0.3 is 0 Å². The second-order valence-electron chi connectivity index (χ2n) is 5.38. The van der Waals surface area contributed by atoms with Gasteiger partial charge in [0.25, 0.3) is 0 Å². The molecule has 0 fully saturated rings. The van der Waals surface area contributed by atoms with Crippen molar-refractivity contribution >= 4 is 32.3 Å². The van der Waals surface area contributed by atoms with E-state index in [1.165, 1.54) is 32.3 Å². The van der Waals surface area contributed by atoms with E-state index < -0.39 is 0 Å². The molecule has 0 saturated carbocycles. The summed E-state index contributed by atoms with van der Waals surface area (Å²) in [6.45, 7) is 0. The zero-order valence-electron chi connectivity index (χ0n) is 11.5. The van der Waals surface area contributed by atoms with Gasteiger partial charge in [-0.2, -0.15) is 5.26 Å². The fourth-order valence-corrected chi connectivity index (χ4v) is 3.00. The summed E-state index contributed by atoms with van der Waals surface area (Å²) in [5, 5.41) is 16.4. The minimum absolute atomic E-state index is 0.462. The normalized spacial score (nSPS) is 11.0. The first-order valence-electron chi connectivity index (χ1n) is 7.06. The lowest BCUT2D eigenvalue weighted by Crippen LogP contribution is -1.83. The lowest BCUT2D eigenvalue weighted by atomic mass is 9.97. The van der Waals surface area contributed by atoms with Crippen molar-refractivity contribution in [1.82, 2.24) is 0 Å². The molecule has 21 heavy (non-hydrogen) atoms. The molecule has 0 amide bonds. The average Bonchev–Trinajstić information content (AvgIpc) is 2.53. The third-order valence-electron chi connectivity index (χ3n) is 4.05. The second-order valence-corrected chi connectivity index (χ2v) is 5.38. The van der Waals surface area contributed by atoms with Crippen LogP contribution in [-0.4, -0.2) is 0 Å². The van der Waals surface area contributed by atoms with E-state index in [0.717, 1.165) is 5.56 Å². The van der Waals surface area contributed by atoms with Crippen molar-refractivity contribution in [3.05, 3.63) is 72.3 Å². The van der Waals surface area contributed by atoms with Crippen molar-refractivity contribution in [1.29, 1.82) is 5.26 Å². The van der Waals surface area contributed by atoms with Crippen LogP contribution in [0.15, 0.2) is 66.7 Å². The lowest BCUT2D eigenvalue weighted by Gasteiger charge is -2.07. The van der Waals surface area contributed by atoms with E-state index >= 15 is 0 Å². The zero-order chi connectivity index (χ0) is 14.2. The van der Waals surface area contributed by atoms with Crippen LogP contribution in [0.5, 0.6) is 0 Å². The minimum Gasteiger partial charge on any atom is -0.198 e. The van der Waals surface area contributed by atoms with Gasteiger partial charge in [0.2, 0.25) is 0 Å². The Morgan fingerprint density at radius 1 is 0.667 bits per heavy atom. The molecule has 0 aliphatic rings. The van der Waals surface area contributed by atoms with E-state index in [1.54, 1.807) is 0 Å². The van der Waals surface area contributed by atoms with Crippen LogP contribution in [-0.2, 0) is 6.42 Å². The maximum Gasteiger partial charge on any atom is 0.0669 e. The molecule has 98 valence electrons. The molecule has 4 aromatic carbocycles. The Morgan fingerprint density at radius 2 is 1.48 bits per heavy atom. The Bertz CT molecular complexity index is 1020. The number of hydrogen-bond donors (Lipinski definition) is 0. The molecule has 0 unspecified atom stereocenters. The molecular formula is C20H13N. The number of fused-ring (bicyclic) bond motifs is 4. The molecule has 0 bridgehead atoms. The van der Waals surface area contributed by atoms with Crippen LogP contribution in [0.4, 0.5) is 0 Å². The van der Waals surface area contributed by atoms with Gasteiger partial charge in [0.15, 0.2) is 0 Å². The lowest BCUT2D eigenvalue weighted by molar-refractivity contribution is 1.27. The van der Waals surface area contributed by atoms with Crippen molar-refractivity contribution in [2.45, 2.75) is 6.42 Å². The van der Waals surface area contributed by atoms with Crippen LogP contribution in [0.1, 0.15) is 5.56 Å². The van der Waals surface area contributed by atoms with Gasteiger partial charge in [-0.1, -0.05) is 54.6 Å². The number of hydrogen-bond acceptors (Lipinski definition) is 1. The SMILES string of the molecule is N#CCc1ccc2cc3ccc4ccccc4c3cc2c1. The highest BCUT2D eigenvalue weighted by Crippen LogP contribution is 2.29. The summed E-state index contributed by atoms with van der Waals surface area (Å²) in [5.41, 5.74) is 1.07. The predicted molar refractivity (Wildman–Crippen MR) is 88.3 cm³/mol. The average molecular weight is 267 g/mol. The minimum atomic E-state index is 0.462. The Balaban J connectivity index is 2.10. The first-order chi connectivity index (χ1) is 10.3. The number of nitrogens with zero attached hydrogens (tertiary/aromatic N) is 1. The number of nitriles is 1. The van der Waals surface area contributed by atoms with Crippen LogP contribution < -0.4 is 0 Å². The molecule has 0 aromatic heterocycles. The Kier molecular flexibility index (Phi) is 2.62. The van der Waals surface area contributed by atoms with Gasteiger partial charge < -0.3 is 0 Å². The first kappa shape index (κ1) is 11.9. The fraction of sp³-hybridized carbons (Fsp3) is 0.0500. The van der Waals surface area contributed by atoms with E-state index in [9.17, 15) is 0 Å². The molecule has 0 spiro atoms. The highest BCUT2D eigenvalue weighted by molar-refractivity contribution is 6.12. The van der Waals surface area contributed by atoms with E-state index in [0.29, 0.717) is 6.42 Å². The topological polar surface area (TPSA) is 23.8 Å². The van der Waals surface area contributed by atoms with Crippen LogP contribution in [0.2, 0.25) is 0 Å². The van der Waals surface area contributed by atoms with Crippen LogP contribution in [0, 0.1) is 11.3 Å². The third-order valence-corrected chi connectivity index (χ3v) is 4.05. The molecule has 0 aliphatic carbocycles. The summed E-state index contributed by atoms with van der Waals surface area (Å²) in [4.78, 5) is 0. The largest absolute Gasteiger partial charge is 0.198 e. The number of rotatable bonds is 1. The first-order valence-corrected chi connectivity index (χ1v) is 7.06. The molecule has 0 N–H and O–H groups in total. The van der Waals surface area contributed by atoms with Crippen molar-refractivity contribution in [3.8, 4) is 6.07 Å². The molecule has 4 aromatic rings. The maximum absolute atomic E-state index is 8.85. The van der Waals surface area contributed by atoms with Gasteiger partial charge in [-0.25, -0.2) is 0 Å². The van der Waals surface area contributed by atoms with Crippen LogP contribution >= 0.6 is 0 Å². The van der Waals surface area contributed by atoms with E-state index in [2.05, 4.69) is 66.7 Å². The quantitative estimate of drug-likeness (QED) is 0.343. The third kappa shape index (κ3) is 1.93. The van der Waals surface area contributed by atoms with Crippen molar-refractivity contribution in [3.63, 3.8) is 0 Å². The summed E-state index contributed by atoms with van der Waals surface area (Å²) >= 11 is 0. The molecule has 4 rings (SSSR count). The Hall–Kier alpha value is -2.85. The van der Waals surface area contributed by atoms with Gasteiger partial charge in [-0.15, -0.1) is 0 Å². The fourth-order valence-electron chi connectivity index (χ4n) is 3.00. The highest BCUT2D eigenvalue weighted by atomic mass is 14.2. The van der Waals surface area contributed by atoms with Gasteiger partial charge in [0.05, 0.1) is 12.5 Å². The van der Waals surface area contributed by atoms with Crippen molar-refractivity contribution in [2.24, 2.45) is 0 Å². The summed E-state index contributed by atoms with van der Waals surface area (Å²) < 4.78 is 0. The van der Waals surface area contributed by atoms with E-state index in [1.807, 2.05) is 6.07 Å². The highest BCUT2D eigenvalue weighted by Gasteiger charge is 2.03. The molecule has 0 atom stereocenters. The number of benzene rings is 4. The standard InChI is InChI=1S/C20H13N/c21-10-9-14-5-6-16-12-17-8-7-15-3-1-2-4-19(15)20(17)13-18(16)11-14/h1-8,11-13H,9H2. The Morgan fingerprint density at radius 3 is 2.38 bits per heavy atom. The van der Waals surface area contributed by atoms with Crippen LogP contribution in [0.25, 0.3) is 32.3 Å². The summed E-state index contributed by atoms with van der Waals surface area (Å²) in [6.07, 6.45) is 0.462. The zero-order valence-corrected chi connectivity index (χ0v) is 11.5. The maximum atomic E-state index is 8.85. The van der Waals surface area contributed by atoms with E-state index in [-0.39, 0.29) is 0 Å². The van der Waals surface area contributed by atoms with E-state index in [4.69, 9.17) is 5.26 Å². The summed E-state index contributed by atoms with van der Waals surface area (Å²) in [5.74, 6) is 0. The van der Waals surface area contributed by atoms with Gasteiger partial charge in [0.1, 0.15) is 0 Å². The van der Waals surface area contributed by atoms with Crippen molar-refractivity contribution in [2.75, 3.05) is 0 Å². The monoisotopic (exact) mass is 267 g/mol. The molecule has 1 heteroatoms. The molecule has 0 aliphatic heterocycles. The van der Waals surface area contributed by atoms with Crippen LogP contribution in [0.3, 0.4) is 0 Å². The predicted octanol–water partition coefficient (Wildman–Crippen LogP) is 5.21. The summed E-state index contributed by atoms with van der Waals surface area (Å²) in [6, 6.07) is 25.8. The smallest absolute Gasteiger partial charge is 0.0669 e. The molecule has 0 radical (unpaired) electrons. The molecule has 0 heterocycles. The summed E-state index contributed by atoms with van der Waals surface area (Å²) in [7, 11) is 0.